The maximum Gasteiger partial charge on any atom is 0.573 e. The summed E-state index contributed by atoms with van der Waals surface area (Å²) in [6.45, 7) is 1.91. The van der Waals surface area contributed by atoms with E-state index in [-0.39, 0.29) is 23.4 Å². The fourth-order valence-electron chi connectivity index (χ4n) is 6.14. The van der Waals surface area contributed by atoms with E-state index in [0.29, 0.717) is 22.7 Å². The number of benzene rings is 4. The molecule has 49 heavy (non-hydrogen) atoms. The van der Waals surface area contributed by atoms with Crippen LogP contribution in [0.25, 0.3) is 11.1 Å². The van der Waals surface area contributed by atoms with Gasteiger partial charge in [-0.15, -0.1) is 18.3 Å². The van der Waals surface area contributed by atoms with Gasteiger partial charge in [-0.2, -0.15) is 4.99 Å². The molecule has 5 rings (SSSR count). The van der Waals surface area contributed by atoms with Gasteiger partial charge >= 0.3 is 12.4 Å². The van der Waals surface area contributed by atoms with Gasteiger partial charge in [0.15, 0.2) is 0 Å². The number of rotatable bonds is 9. The number of amides is 3. The molecular formula is C37H37F3N6O3. The van der Waals surface area contributed by atoms with Crippen LogP contribution in [0.4, 0.5) is 23.7 Å². The van der Waals surface area contributed by atoms with Gasteiger partial charge in [0.05, 0.1) is 12.6 Å². The summed E-state index contributed by atoms with van der Waals surface area (Å²) in [5.41, 5.74) is 16.4. The second-order valence-electron chi connectivity index (χ2n) is 11.9. The van der Waals surface area contributed by atoms with Crippen molar-refractivity contribution in [1.82, 2.24) is 5.32 Å². The fraction of sp³-hybridized carbons (Fsp3) is 0.270. The van der Waals surface area contributed by atoms with Gasteiger partial charge in [-0.1, -0.05) is 86.0 Å². The molecule has 1 fully saturated rings. The van der Waals surface area contributed by atoms with Crippen molar-refractivity contribution in [2.75, 3.05) is 4.90 Å². The summed E-state index contributed by atoms with van der Waals surface area (Å²) in [5, 5.41) is 5.98. The minimum atomic E-state index is -4.87. The lowest BCUT2D eigenvalue weighted by atomic mass is 9.84. The molecule has 1 aliphatic carbocycles. The Morgan fingerprint density at radius 3 is 2.20 bits per heavy atom. The Morgan fingerprint density at radius 1 is 0.918 bits per heavy atom. The molecule has 0 aromatic heterocycles. The van der Waals surface area contributed by atoms with E-state index in [1.54, 1.807) is 72.5 Å². The van der Waals surface area contributed by atoms with Crippen molar-refractivity contribution in [3.05, 3.63) is 119 Å². The molecule has 9 nitrogen and oxygen atoms in total. The lowest BCUT2D eigenvalue weighted by Crippen LogP contribution is -2.41. The number of carbonyl (C=O) groups is 2. The molecule has 4 aromatic rings. The van der Waals surface area contributed by atoms with Crippen LogP contribution < -0.4 is 20.7 Å². The van der Waals surface area contributed by atoms with Crippen LogP contribution in [0.15, 0.2) is 107 Å². The molecule has 1 atom stereocenters. The average Bonchev–Trinajstić information content (AvgIpc) is 3.10. The number of hydrogen-bond acceptors (Lipinski definition) is 4. The second kappa shape index (κ2) is 15.6. The van der Waals surface area contributed by atoms with E-state index in [4.69, 9.17) is 11.3 Å². The topological polar surface area (TPSA) is 133 Å². The molecule has 12 heteroatoms. The Hall–Kier alpha value is -5.52. The summed E-state index contributed by atoms with van der Waals surface area (Å²) in [7, 11) is 0. The minimum absolute atomic E-state index is 0.146. The number of halogens is 3. The van der Waals surface area contributed by atoms with E-state index >= 15 is 0 Å². The zero-order valence-corrected chi connectivity index (χ0v) is 26.9. The van der Waals surface area contributed by atoms with Gasteiger partial charge in [-0.3, -0.25) is 9.69 Å². The van der Waals surface area contributed by atoms with Crippen molar-refractivity contribution >= 4 is 23.6 Å². The van der Waals surface area contributed by atoms with Gasteiger partial charge in [0, 0.05) is 16.8 Å². The Bertz CT molecular complexity index is 1800. The molecule has 254 valence electrons. The first kappa shape index (κ1) is 34.8. The zero-order chi connectivity index (χ0) is 35.0. The quantitative estimate of drug-likeness (QED) is 0.0930. The zero-order valence-electron chi connectivity index (χ0n) is 26.9. The number of carbonyl (C=O) groups excluding carboxylic acids is 2. The molecule has 0 heterocycles. The molecule has 1 saturated carbocycles. The number of para-hydroxylation sites is 1. The molecular weight excluding hydrogens is 633 g/mol. The number of nitrogens with zero attached hydrogens (tertiary/aromatic N) is 3. The minimum Gasteiger partial charge on any atom is -0.405 e. The normalized spacial score (nSPS) is 14.5. The number of ether oxygens (including phenoxy) is 1. The number of guanidine groups is 1. The highest BCUT2D eigenvalue weighted by atomic mass is 19.4. The number of aliphatic imine (C=N–C) groups is 1. The standard InChI is InChI=1S/C37H37F3N6O3/c1-24(30-11-5-6-12-31(30)32-13-7-8-14-33(32)49-37(38,39)40)43-36(48)46(29-21-19-27(20-22-29)26-9-3-2-4-10-26)23-25-15-17-28(18-16-25)34(47)44-35(41)45-42/h5-8,11-22,24,26,42H,2-4,9-10,23H2,1H3,(H,43,48)(H2,41,44,47). The Labute approximate surface area is 282 Å². The molecule has 0 spiro atoms. The maximum atomic E-state index is 14.1. The lowest BCUT2D eigenvalue weighted by Gasteiger charge is -2.28. The van der Waals surface area contributed by atoms with Crippen molar-refractivity contribution in [3.8, 4) is 16.9 Å². The van der Waals surface area contributed by atoms with E-state index < -0.39 is 30.3 Å². The number of alkyl halides is 3. The molecule has 3 amide bonds. The number of urea groups is 1. The first-order valence-electron chi connectivity index (χ1n) is 16.0. The highest BCUT2D eigenvalue weighted by Gasteiger charge is 2.32. The SMILES string of the molecule is CC(NC(=O)N(Cc1ccc(C(=O)N=C(N)N=N)cc1)c1ccc(C2CCCCC2)cc1)c1ccccc1-c1ccccc1OC(F)(F)F. The summed E-state index contributed by atoms with van der Waals surface area (Å²) in [4.78, 5) is 31.6. The van der Waals surface area contributed by atoms with E-state index in [2.05, 4.69) is 32.3 Å². The maximum absolute atomic E-state index is 14.1. The monoisotopic (exact) mass is 670 g/mol. The summed E-state index contributed by atoms with van der Waals surface area (Å²) in [6.07, 6.45) is 1.03. The van der Waals surface area contributed by atoms with Crippen LogP contribution in [0.2, 0.25) is 0 Å². The number of hydrogen-bond donors (Lipinski definition) is 3. The molecule has 4 aromatic carbocycles. The van der Waals surface area contributed by atoms with E-state index in [9.17, 15) is 22.8 Å². The predicted molar refractivity (Wildman–Crippen MR) is 182 cm³/mol. The van der Waals surface area contributed by atoms with Crippen molar-refractivity contribution < 1.29 is 27.5 Å². The molecule has 1 unspecified atom stereocenters. The molecule has 0 bridgehead atoms. The summed E-state index contributed by atoms with van der Waals surface area (Å²) >= 11 is 0. The van der Waals surface area contributed by atoms with Crippen LogP contribution in [0.3, 0.4) is 0 Å². The summed E-state index contributed by atoms with van der Waals surface area (Å²) < 4.78 is 44.0. The van der Waals surface area contributed by atoms with Crippen LogP contribution in [0, 0.1) is 5.53 Å². The molecule has 0 radical (unpaired) electrons. The highest BCUT2D eigenvalue weighted by Crippen LogP contribution is 2.38. The Balaban J connectivity index is 1.43. The third-order valence-corrected chi connectivity index (χ3v) is 8.57. The van der Waals surface area contributed by atoms with Gasteiger partial charge in [0.2, 0.25) is 5.96 Å². The first-order chi connectivity index (χ1) is 23.5. The van der Waals surface area contributed by atoms with E-state index in [0.717, 1.165) is 18.4 Å². The average molecular weight is 671 g/mol. The number of anilines is 1. The third-order valence-electron chi connectivity index (χ3n) is 8.57. The van der Waals surface area contributed by atoms with Crippen molar-refractivity contribution in [2.24, 2.45) is 15.8 Å². The van der Waals surface area contributed by atoms with Crippen LogP contribution in [-0.2, 0) is 6.54 Å². The first-order valence-corrected chi connectivity index (χ1v) is 16.0. The van der Waals surface area contributed by atoms with Gasteiger partial charge in [-0.05, 0) is 78.3 Å². The van der Waals surface area contributed by atoms with Gasteiger partial charge in [-0.25, -0.2) is 10.3 Å². The van der Waals surface area contributed by atoms with Crippen LogP contribution in [0.5, 0.6) is 5.75 Å². The molecule has 0 aliphatic heterocycles. The smallest absolute Gasteiger partial charge is 0.405 e. The number of nitrogens with one attached hydrogen (secondary N) is 2. The van der Waals surface area contributed by atoms with Crippen LogP contribution >= 0.6 is 0 Å². The van der Waals surface area contributed by atoms with Crippen molar-refractivity contribution in [3.63, 3.8) is 0 Å². The molecule has 4 N–H and O–H groups in total. The molecule has 1 aliphatic rings. The third kappa shape index (κ3) is 9.10. The lowest BCUT2D eigenvalue weighted by molar-refractivity contribution is -0.274. The van der Waals surface area contributed by atoms with Crippen molar-refractivity contribution in [1.29, 1.82) is 5.53 Å². The van der Waals surface area contributed by atoms with E-state index in [1.807, 2.05) is 12.1 Å². The highest BCUT2D eigenvalue weighted by molar-refractivity contribution is 6.02. The fourth-order valence-corrected chi connectivity index (χ4v) is 6.14. The molecule has 0 saturated heterocycles. The number of nitrogens with two attached hydrogens (primary N) is 1. The Kier molecular flexibility index (Phi) is 11.1. The van der Waals surface area contributed by atoms with Gasteiger partial charge in [0.1, 0.15) is 5.75 Å². The van der Waals surface area contributed by atoms with E-state index in [1.165, 1.54) is 37.0 Å². The summed E-state index contributed by atoms with van der Waals surface area (Å²) in [6, 6.07) is 26.2. The van der Waals surface area contributed by atoms with Crippen LogP contribution in [-0.4, -0.2) is 24.3 Å². The largest absolute Gasteiger partial charge is 0.573 e. The van der Waals surface area contributed by atoms with Gasteiger partial charge in [0.25, 0.3) is 5.91 Å². The second-order valence-corrected chi connectivity index (χ2v) is 11.9. The van der Waals surface area contributed by atoms with Crippen LogP contribution in [0.1, 0.15) is 78.0 Å². The predicted octanol–water partition coefficient (Wildman–Crippen LogP) is 9.26. The van der Waals surface area contributed by atoms with Gasteiger partial charge < -0.3 is 15.8 Å². The Morgan fingerprint density at radius 2 is 1.55 bits per heavy atom. The summed E-state index contributed by atoms with van der Waals surface area (Å²) in [5.74, 6) is -0.969. The van der Waals surface area contributed by atoms with Crippen molar-refractivity contribution in [2.45, 2.75) is 63.9 Å².